The topological polar surface area (TPSA) is 46.9 Å². The quantitative estimate of drug-likeness (QED) is 0.738. The molecule has 3 aromatic rings. The lowest BCUT2D eigenvalue weighted by Crippen LogP contribution is -2.15. The number of thioether (sulfide) groups is 1. The molecule has 1 aliphatic rings. The molecule has 0 unspecified atom stereocenters. The third kappa shape index (κ3) is 2.74. The molecule has 0 spiro atoms. The smallest absolute Gasteiger partial charge is 0.276 e. The molecule has 0 saturated heterocycles. The second-order valence-electron chi connectivity index (χ2n) is 6.34. The minimum absolute atomic E-state index is 0.153. The van der Waals surface area contributed by atoms with Crippen molar-refractivity contribution in [1.82, 2.24) is 9.78 Å². The van der Waals surface area contributed by atoms with Crippen LogP contribution in [-0.4, -0.2) is 15.7 Å². The molecule has 0 radical (unpaired) electrons. The molecule has 5 heteroatoms. The molecule has 0 atom stereocenters. The maximum absolute atomic E-state index is 12.8. The largest absolute Gasteiger partial charge is 0.321 e. The summed E-state index contributed by atoms with van der Waals surface area (Å²) in [6.07, 6.45) is 0. The van der Waals surface area contributed by atoms with Gasteiger partial charge in [-0.15, -0.1) is 11.8 Å². The lowest BCUT2D eigenvalue weighted by atomic mass is 10.1. The average Bonchev–Trinajstić information content (AvgIpc) is 2.95. The SMILES string of the molecule is Cc1ccc(NC(=O)c2nn(C)c3c2CSc2ccccc2-3)cc1C. The van der Waals surface area contributed by atoms with Crippen molar-refractivity contribution in [2.75, 3.05) is 5.32 Å². The molecule has 2 heterocycles. The van der Waals surface area contributed by atoms with E-state index in [4.69, 9.17) is 0 Å². The molecule has 1 aromatic heterocycles. The molecule has 0 aliphatic carbocycles. The van der Waals surface area contributed by atoms with Crippen molar-refractivity contribution in [3.63, 3.8) is 0 Å². The van der Waals surface area contributed by atoms with Crippen LogP contribution in [0.1, 0.15) is 27.2 Å². The van der Waals surface area contributed by atoms with Gasteiger partial charge in [-0.05, 0) is 43.2 Å². The molecular weight excluding hydrogens is 330 g/mol. The van der Waals surface area contributed by atoms with E-state index in [2.05, 4.69) is 29.5 Å². The average molecular weight is 349 g/mol. The number of anilines is 1. The lowest BCUT2D eigenvalue weighted by molar-refractivity contribution is 0.102. The normalized spacial score (nSPS) is 12.4. The summed E-state index contributed by atoms with van der Waals surface area (Å²) >= 11 is 1.75. The minimum atomic E-state index is -0.153. The van der Waals surface area contributed by atoms with Gasteiger partial charge in [0.25, 0.3) is 5.91 Å². The molecule has 4 nitrogen and oxygen atoms in total. The van der Waals surface area contributed by atoms with Crippen LogP contribution in [0.2, 0.25) is 0 Å². The summed E-state index contributed by atoms with van der Waals surface area (Å²) < 4.78 is 1.82. The molecule has 1 amide bonds. The predicted octanol–water partition coefficient (Wildman–Crippen LogP) is 4.56. The Bertz CT molecular complexity index is 991. The molecule has 2 aromatic carbocycles. The minimum Gasteiger partial charge on any atom is -0.321 e. The Labute approximate surface area is 151 Å². The monoisotopic (exact) mass is 349 g/mol. The maximum Gasteiger partial charge on any atom is 0.276 e. The van der Waals surface area contributed by atoms with E-state index in [1.807, 2.05) is 49.0 Å². The highest BCUT2D eigenvalue weighted by molar-refractivity contribution is 7.98. The Hall–Kier alpha value is -2.53. The Kier molecular flexibility index (Phi) is 3.88. The number of carbonyl (C=O) groups is 1. The van der Waals surface area contributed by atoms with E-state index in [-0.39, 0.29) is 5.91 Å². The van der Waals surface area contributed by atoms with Gasteiger partial charge in [-0.3, -0.25) is 9.48 Å². The Morgan fingerprint density at radius 1 is 1.16 bits per heavy atom. The van der Waals surface area contributed by atoms with Gasteiger partial charge in [0.1, 0.15) is 0 Å². The highest BCUT2D eigenvalue weighted by Crippen LogP contribution is 2.42. The third-order valence-corrected chi connectivity index (χ3v) is 5.74. The number of carbonyl (C=O) groups excluding carboxylic acids is 1. The van der Waals surface area contributed by atoms with E-state index in [1.54, 1.807) is 11.8 Å². The first-order valence-electron chi connectivity index (χ1n) is 8.21. The fourth-order valence-corrected chi connectivity index (χ4v) is 4.24. The highest BCUT2D eigenvalue weighted by Gasteiger charge is 2.27. The zero-order valence-electron chi connectivity index (χ0n) is 14.5. The van der Waals surface area contributed by atoms with Crippen LogP contribution in [0.4, 0.5) is 5.69 Å². The lowest BCUT2D eigenvalue weighted by Gasteiger charge is -2.17. The Morgan fingerprint density at radius 2 is 1.96 bits per heavy atom. The van der Waals surface area contributed by atoms with Crippen LogP contribution >= 0.6 is 11.8 Å². The van der Waals surface area contributed by atoms with Crippen molar-refractivity contribution in [2.24, 2.45) is 7.05 Å². The molecule has 4 rings (SSSR count). The summed E-state index contributed by atoms with van der Waals surface area (Å²) in [5.74, 6) is 0.607. The number of rotatable bonds is 2. The number of benzene rings is 2. The number of fused-ring (bicyclic) bond motifs is 3. The summed E-state index contributed by atoms with van der Waals surface area (Å²) in [6.45, 7) is 4.10. The molecule has 126 valence electrons. The van der Waals surface area contributed by atoms with Gasteiger partial charge in [-0.2, -0.15) is 5.10 Å². The molecule has 0 bridgehead atoms. The van der Waals surface area contributed by atoms with E-state index in [0.717, 1.165) is 33.8 Å². The molecule has 1 N–H and O–H groups in total. The van der Waals surface area contributed by atoms with Gasteiger partial charge >= 0.3 is 0 Å². The number of aromatic nitrogens is 2. The van der Waals surface area contributed by atoms with Crippen LogP contribution in [0.15, 0.2) is 47.4 Å². The van der Waals surface area contributed by atoms with Crippen LogP contribution in [0.25, 0.3) is 11.3 Å². The highest BCUT2D eigenvalue weighted by atomic mass is 32.2. The summed E-state index contributed by atoms with van der Waals surface area (Å²) in [4.78, 5) is 14.0. The van der Waals surface area contributed by atoms with Crippen LogP contribution in [0.3, 0.4) is 0 Å². The summed E-state index contributed by atoms with van der Waals surface area (Å²) in [7, 11) is 1.90. The van der Waals surface area contributed by atoms with Crippen molar-refractivity contribution >= 4 is 23.4 Å². The Morgan fingerprint density at radius 3 is 2.76 bits per heavy atom. The number of aryl methyl sites for hydroxylation is 3. The number of hydrogen-bond donors (Lipinski definition) is 1. The van der Waals surface area contributed by atoms with Gasteiger partial charge in [0.15, 0.2) is 5.69 Å². The van der Waals surface area contributed by atoms with Gasteiger partial charge < -0.3 is 5.32 Å². The van der Waals surface area contributed by atoms with E-state index in [1.165, 1.54) is 10.5 Å². The zero-order valence-corrected chi connectivity index (χ0v) is 15.3. The maximum atomic E-state index is 12.8. The van der Waals surface area contributed by atoms with Gasteiger partial charge in [-0.1, -0.05) is 24.3 Å². The second kappa shape index (κ2) is 6.08. The number of nitrogens with zero attached hydrogens (tertiary/aromatic N) is 2. The third-order valence-electron chi connectivity index (χ3n) is 4.64. The molecule has 25 heavy (non-hydrogen) atoms. The van der Waals surface area contributed by atoms with E-state index < -0.39 is 0 Å². The molecule has 0 fully saturated rings. The second-order valence-corrected chi connectivity index (χ2v) is 7.35. The van der Waals surface area contributed by atoms with Crippen molar-refractivity contribution in [2.45, 2.75) is 24.5 Å². The fraction of sp³-hybridized carbons (Fsp3) is 0.200. The van der Waals surface area contributed by atoms with Crippen LogP contribution in [-0.2, 0) is 12.8 Å². The number of nitrogens with one attached hydrogen (secondary N) is 1. The summed E-state index contributed by atoms with van der Waals surface area (Å²) in [5, 5.41) is 7.51. The summed E-state index contributed by atoms with van der Waals surface area (Å²) in [5.41, 5.74) is 6.88. The van der Waals surface area contributed by atoms with Crippen molar-refractivity contribution in [3.8, 4) is 11.3 Å². The Balaban J connectivity index is 1.71. The van der Waals surface area contributed by atoms with Gasteiger partial charge in [0, 0.05) is 34.5 Å². The standard InChI is InChI=1S/C20H19N3OS/c1-12-8-9-14(10-13(12)2)21-20(24)18-16-11-25-17-7-5-4-6-15(17)19(16)23(3)22-18/h4-10H,11H2,1-3H3,(H,21,24). The van der Waals surface area contributed by atoms with Gasteiger partial charge in [0.2, 0.25) is 0 Å². The molecular formula is C20H19N3OS. The predicted molar refractivity (Wildman–Crippen MR) is 102 cm³/mol. The number of amides is 1. The summed E-state index contributed by atoms with van der Waals surface area (Å²) in [6, 6.07) is 14.2. The first kappa shape index (κ1) is 16.0. The van der Waals surface area contributed by atoms with Crippen LogP contribution < -0.4 is 5.32 Å². The van der Waals surface area contributed by atoms with E-state index in [0.29, 0.717) is 5.69 Å². The fourth-order valence-electron chi connectivity index (χ4n) is 3.17. The van der Waals surface area contributed by atoms with Crippen molar-refractivity contribution in [1.29, 1.82) is 0 Å². The number of hydrogen-bond acceptors (Lipinski definition) is 3. The van der Waals surface area contributed by atoms with Gasteiger partial charge in [-0.25, -0.2) is 0 Å². The first-order chi connectivity index (χ1) is 12.0. The molecule has 1 aliphatic heterocycles. The van der Waals surface area contributed by atoms with Crippen molar-refractivity contribution < 1.29 is 4.79 Å². The van der Waals surface area contributed by atoms with Crippen LogP contribution in [0.5, 0.6) is 0 Å². The first-order valence-corrected chi connectivity index (χ1v) is 9.20. The van der Waals surface area contributed by atoms with E-state index in [9.17, 15) is 4.79 Å². The van der Waals surface area contributed by atoms with Crippen LogP contribution in [0, 0.1) is 13.8 Å². The van der Waals surface area contributed by atoms with Crippen molar-refractivity contribution in [3.05, 3.63) is 64.8 Å². The van der Waals surface area contributed by atoms with Gasteiger partial charge in [0.05, 0.1) is 5.69 Å². The van der Waals surface area contributed by atoms with E-state index >= 15 is 0 Å². The molecule has 0 saturated carbocycles. The zero-order chi connectivity index (χ0) is 17.6.